The summed E-state index contributed by atoms with van der Waals surface area (Å²) in [5.74, 6) is 0.641. The van der Waals surface area contributed by atoms with Crippen LogP contribution in [0.1, 0.15) is 6.92 Å². The molecule has 0 saturated carbocycles. The fourth-order valence-electron chi connectivity index (χ4n) is 1.39. The smallest absolute Gasteiger partial charge is 0.224 e. The molecule has 0 fully saturated rings. The van der Waals surface area contributed by atoms with Crippen LogP contribution in [0, 0.1) is 5.82 Å². The van der Waals surface area contributed by atoms with Crippen molar-refractivity contribution < 1.29 is 4.39 Å². The topological polar surface area (TPSA) is 49.8 Å². The lowest BCUT2D eigenvalue weighted by molar-refractivity contribution is 0.629. The van der Waals surface area contributed by atoms with Crippen LogP contribution in [0.25, 0.3) is 0 Å². The molecule has 0 aliphatic rings. The second-order valence-corrected chi connectivity index (χ2v) is 3.96. The molecule has 1 aromatic heterocycles. The van der Waals surface area contributed by atoms with Gasteiger partial charge in [-0.25, -0.2) is 9.37 Å². The first-order valence-corrected chi connectivity index (χ1v) is 5.86. The number of nitrogens with zero attached hydrogens (tertiary/aromatic N) is 2. The Balaban J connectivity index is 2.17. The average molecular weight is 267 g/mol. The van der Waals surface area contributed by atoms with E-state index in [1.165, 1.54) is 12.1 Å². The Bertz CT molecular complexity index is 547. The van der Waals surface area contributed by atoms with Crippen molar-refractivity contribution in [2.75, 3.05) is 17.2 Å². The Morgan fingerprint density at radius 2 is 2.17 bits per heavy atom. The van der Waals surface area contributed by atoms with Crippen LogP contribution in [-0.2, 0) is 0 Å². The molecule has 0 amide bonds. The van der Waals surface area contributed by atoms with Gasteiger partial charge in [0.25, 0.3) is 0 Å². The molecule has 1 aromatic carbocycles. The van der Waals surface area contributed by atoms with E-state index in [-0.39, 0.29) is 5.02 Å². The van der Waals surface area contributed by atoms with E-state index >= 15 is 0 Å². The highest BCUT2D eigenvalue weighted by Gasteiger charge is 2.03. The molecule has 0 saturated heterocycles. The lowest BCUT2D eigenvalue weighted by atomic mass is 10.3. The van der Waals surface area contributed by atoms with Crippen molar-refractivity contribution >= 4 is 29.1 Å². The molecule has 1 heterocycles. The van der Waals surface area contributed by atoms with Crippen LogP contribution >= 0.6 is 11.6 Å². The zero-order valence-electron chi connectivity index (χ0n) is 9.74. The van der Waals surface area contributed by atoms with Gasteiger partial charge in [-0.1, -0.05) is 11.6 Å². The lowest BCUT2D eigenvalue weighted by Gasteiger charge is -2.07. The summed E-state index contributed by atoms with van der Waals surface area (Å²) in [6.07, 6.45) is 1.62. The number of nitrogens with one attached hydrogen (secondary N) is 2. The van der Waals surface area contributed by atoms with Crippen LogP contribution in [0.3, 0.4) is 0 Å². The van der Waals surface area contributed by atoms with Gasteiger partial charge < -0.3 is 10.6 Å². The van der Waals surface area contributed by atoms with Crippen molar-refractivity contribution in [3.05, 3.63) is 41.3 Å². The minimum atomic E-state index is -0.470. The quantitative estimate of drug-likeness (QED) is 0.890. The summed E-state index contributed by atoms with van der Waals surface area (Å²) in [6.45, 7) is 2.69. The van der Waals surface area contributed by atoms with Crippen molar-refractivity contribution in [3.8, 4) is 0 Å². The van der Waals surface area contributed by atoms with Crippen molar-refractivity contribution in [1.82, 2.24) is 9.97 Å². The molecule has 0 aliphatic heterocycles. The second-order valence-electron chi connectivity index (χ2n) is 3.55. The Kier molecular flexibility index (Phi) is 3.94. The highest BCUT2D eigenvalue weighted by Crippen LogP contribution is 2.21. The number of rotatable bonds is 4. The van der Waals surface area contributed by atoms with Gasteiger partial charge in [0.1, 0.15) is 11.6 Å². The van der Waals surface area contributed by atoms with E-state index in [9.17, 15) is 4.39 Å². The van der Waals surface area contributed by atoms with Gasteiger partial charge in [0.05, 0.1) is 5.02 Å². The van der Waals surface area contributed by atoms with Gasteiger partial charge in [-0.15, -0.1) is 0 Å². The van der Waals surface area contributed by atoms with Crippen LogP contribution in [0.15, 0.2) is 30.5 Å². The van der Waals surface area contributed by atoms with Crippen molar-refractivity contribution in [3.63, 3.8) is 0 Å². The number of hydrogen-bond acceptors (Lipinski definition) is 4. The van der Waals surface area contributed by atoms with E-state index in [0.717, 1.165) is 6.54 Å². The first kappa shape index (κ1) is 12.6. The van der Waals surface area contributed by atoms with E-state index in [1.807, 2.05) is 6.92 Å². The van der Waals surface area contributed by atoms with Crippen molar-refractivity contribution in [2.24, 2.45) is 0 Å². The van der Waals surface area contributed by atoms with Crippen molar-refractivity contribution in [1.29, 1.82) is 0 Å². The normalized spacial score (nSPS) is 10.2. The molecule has 94 valence electrons. The Labute approximate surface area is 109 Å². The molecule has 6 heteroatoms. The summed E-state index contributed by atoms with van der Waals surface area (Å²) in [5, 5.41) is 6.07. The van der Waals surface area contributed by atoms with Crippen LogP contribution in [0.4, 0.5) is 21.8 Å². The Hall–Kier alpha value is -1.88. The fourth-order valence-corrected chi connectivity index (χ4v) is 1.51. The van der Waals surface area contributed by atoms with Gasteiger partial charge >= 0.3 is 0 Å². The molecule has 4 nitrogen and oxygen atoms in total. The number of anilines is 3. The second kappa shape index (κ2) is 5.64. The summed E-state index contributed by atoms with van der Waals surface area (Å²) < 4.78 is 13.3. The first-order valence-electron chi connectivity index (χ1n) is 5.48. The number of benzene rings is 1. The summed E-state index contributed by atoms with van der Waals surface area (Å²) in [4.78, 5) is 8.27. The van der Waals surface area contributed by atoms with E-state index in [1.54, 1.807) is 18.3 Å². The molecule has 0 aliphatic carbocycles. The summed E-state index contributed by atoms with van der Waals surface area (Å²) in [5.41, 5.74) is 0.582. The molecule has 18 heavy (non-hydrogen) atoms. The minimum Gasteiger partial charge on any atom is -0.354 e. The number of hydrogen-bond donors (Lipinski definition) is 2. The van der Waals surface area contributed by atoms with Gasteiger partial charge in [-0.3, -0.25) is 0 Å². The van der Waals surface area contributed by atoms with Gasteiger partial charge in [0.15, 0.2) is 0 Å². The van der Waals surface area contributed by atoms with Crippen LogP contribution in [0.5, 0.6) is 0 Å². The molecule has 2 N–H and O–H groups in total. The summed E-state index contributed by atoms with van der Waals surface area (Å²) >= 11 is 5.61. The predicted octanol–water partition coefficient (Wildman–Crippen LogP) is 3.44. The average Bonchev–Trinajstić information content (AvgIpc) is 2.35. The van der Waals surface area contributed by atoms with Gasteiger partial charge in [0.2, 0.25) is 5.95 Å². The highest BCUT2D eigenvalue weighted by atomic mass is 35.5. The maximum Gasteiger partial charge on any atom is 0.224 e. The van der Waals surface area contributed by atoms with Crippen LogP contribution in [0.2, 0.25) is 5.02 Å². The van der Waals surface area contributed by atoms with E-state index in [4.69, 9.17) is 11.6 Å². The molecular weight excluding hydrogens is 255 g/mol. The molecule has 0 spiro atoms. The standard InChI is InChI=1S/C12H12ClFN4/c1-2-15-12-16-6-5-11(18-12)17-8-3-4-9(13)10(14)7-8/h3-7H,2H2,1H3,(H2,15,16,17,18). The van der Waals surface area contributed by atoms with Crippen LogP contribution in [-0.4, -0.2) is 16.5 Å². The summed E-state index contributed by atoms with van der Waals surface area (Å²) in [7, 11) is 0. The zero-order valence-corrected chi connectivity index (χ0v) is 10.5. The molecular formula is C12H12ClFN4. The van der Waals surface area contributed by atoms with Gasteiger partial charge in [0, 0.05) is 18.4 Å². The zero-order chi connectivity index (χ0) is 13.0. The Morgan fingerprint density at radius 3 is 2.89 bits per heavy atom. The maximum absolute atomic E-state index is 13.3. The van der Waals surface area contributed by atoms with Crippen molar-refractivity contribution in [2.45, 2.75) is 6.92 Å². The molecule has 0 unspecified atom stereocenters. The van der Waals surface area contributed by atoms with Gasteiger partial charge in [-0.05, 0) is 31.2 Å². The molecule has 2 rings (SSSR count). The third-order valence-electron chi connectivity index (χ3n) is 2.18. The highest BCUT2D eigenvalue weighted by molar-refractivity contribution is 6.30. The predicted molar refractivity (Wildman–Crippen MR) is 70.9 cm³/mol. The van der Waals surface area contributed by atoms with E-state index < -0.39 is 5.82 Å². The lowest BCUT2D eigenvalue weighted by Crippen LogP contribution is -2.03. The fraction of sp³-hybridized carbons (Fsp3) is 0.167. The first-order chi connectivity index (χ1) is 8.69. The summed E-state index contributed by atoms with van der Waals surface area (Å²) in [6, 6.07) is 6.19. The SMILES string of the molecule is CCNc1nccc(Nc2ccc(Cl)c(F)c2)n1. The Morgan fingerprint density at radius 1 is 1.33 bits per heavy atom. The van der Waals surface area contributed by atoms with Crippen LogP contribution < -0.4 is 10.6 Å². The van der Waals surface area contributed by atoms with E-state index in [2.05, 4.69) is 20.6 Å². The molecule has 0 bridgehead atoms. The minimum absolute atomic E-state index is 0.0941. The number of halogens is 2. The van der Waals surface area contributed by atoms with Gasteiger partial charge in [-0.2, -0.15) is 4.98 Å². The van der Waals surface area contributed by atoms with E-state index in [0.29, 0.717) is 17.5 Å². The monoisotopic (exact) mass is 266 g/mol. The maximum atomic E-state index is 13.3. The largest absolute Gasteiger partial charge is 0.354 e. The molecule has 2 aromatic rings. The third kappa shape index (κ3) is 3.07. The molecule has 0 radical (unpaired) electrons. The molecule has 0 atom stereocenters. The number of aromatic nitrogens is 2. The third-order valence-corrected chi connectivity index (χ3v) is 2.49.